The largest absolute Gasteiger partial charge is 0.466 e. The van der Waals surface area contributed by atoms with E-state index in [9.17, 15) is 19.7 Å². The minimum atomic E-state index is -0.668. The zero-order chi connectivity index (χ0) is 19.1. The van der Waals surface area contributed by atoms with Gasteiger partial charge in [0.1, 0.15) is 0 Å². The van der Waals surface area contributed by atoms with Crippen molar-refractivity contribution in [1.29, 1.82) is 0 Å². The monoisotopic (exact) mass is 356 g/mol. The van der Waals surface area contributed by atoms with E-state index in [4.69, 9.17) is 4.74 Å². The highest BCUT2D eigenvalue weighted by atomic mass is 16.6. The van der Waals surface area contributed by atoms with Gasteiger partial charge in [0.25, 0.3) is 5.69 Å². The fourth-order valence-electron chi connectivity index (χ4n) is 2.24. The number of hydrogen-bond acceptors (Lipinski definition) is 6. The van der Waals surface area contributed by atoms with Gasteiger partial charge in [0, 0.05) is 23.8 Å². The molecular weight excluding hydrogens is 340 g/mol. The molecule has 1 amide bonds. The Morgan fingerprint density at radius 1 is 1.04 bits per heavy atom. The maximum atomic E-state index is 11.8. The van der Waals surface area contributed by atoms with Gasteiger partial charge >= 0.3 is 12.1 Å². The molecule has 134 valence electrons. The second-order valence-electron chi connectivity index (χ2n) is 5.05. The third-order valence-electron chi connectivity index (χ3n) is 3.49. The molecule has 2 rings (SSSR count). The summed E-state index contributed by atoms with van der Waals surface area (Å²) in [5.74, 6) is -0.605. The zero-order valence-corrected chi connectivity index (χ0v) is 14.1. The summed E-state index contributed by atoms with van der Waals surface area (Å²) in [5.41, 5.74) is 1.83. The molecule has 8 nitrogen and oxygen atoms in total. The smallest absolute Gasteiger partial charge is 0.411 e. The fraction of sp³-hybridized carbons (Fsp3) is 0.111. The lowest BCUT2D eigenvalue weighted by Gasteiger charge is -2.14. The minimum Gasteiger partial charge on any atom is -0.466 e. The van der Waals surface area contributed by atoms with Crippen molar-refractivity contribution >= 4 is 29.0 Å². The molecule has 26 heavy (non-hydrogen) atoms. The highest BCUT2D eigenvalue weighted by Crippen LogP contribution is 2.30. The quantitative estimate of drug-likeness (QED) is 0.381. The average Bonchev–Trinajstić information content (AvgIpc) is 2.66. The lowest BCUT2D eigenvalue weighted by molar-refractivity contribution is -0.384. The molecule has 0 spiro atoms. The van der Waals surface area contributed by atoms with Crippen molar-refractivity contribution in [2.45, 2.75) is 0 Å². The zero-order valence-electron chi connectivity index (χ0n) is 14.1. The van der Waals surface area contributed by atoms with Crippen LogP contribution in [0.5, 0.6) is 0 Å². The molecule has 2 aromatic rings. The lowest BCUT2D eigenvalue weighted by Crippen LogP contribution is -2.12. The first-order valence-electron chi connectivity index (χ1n) is 7.45. The van der Waals surface area contributed by atoms with Crippen molar-refractivity contribution < 1.29 is 24.0 Å². The molecule has 0 fully saturated rings. The number of ether oxygens (including phenoxy) is 2. The highest BCUT2D eigenvalue weighted by molar-refractivity contribution is 6.00. The van der Waals surface area contributed by atoms with Gasteiger partial charge in [-0.1, -0.05) is 18.2 Å². The van der Waals surface area contributed by atoms with E-state index in [0.717, 1.165) is 0 Å². The first-order valence-corrected chi connectivity index (χ1v) is 7.45. The summed E-state index contributed by atoms with van der Waals surface area (Å²) in [6, 6.07) is 12.5. The van der Waals surface area contributed by atoms with Crippen molar-refractivity contribution in [2.75, 3.05) is 19.5 Å². The molecule has 0 aromatic heterocycles. The summed E-state index contributed by atoms with van der Waals surface area (Å²) in [5, 5.41) is 13.4. The number of nitrogens with zero attached hydrogens (tertiary/aromatic N) is 1. The Labute approximate surface area is 149 Å². The number of nitrogens with one attached hydrogen (secondary N) is 1. The predicted molar refractivity (Wildman–Crippen MR) is 94.7 cm³/mol. The number of carbonyl (C=O) groups excluding carboxylic acids is 2. The van der Waals surface area contributed by atoms with E-state index in [2.05, 4.69) is 10.1 Å². The van der Waals surface area contributed by atoms with Gasteiger partial charge in [-0.05, 0) is 29.3 Å². The third-order valence-corrected chi connectivity index (χ3v) is 3.49. The maximum Gasteiger partial charge on any atom is 0.411 e. The van der Waals surface area contributed by atoms with Crippen LogP contribution in [0.2, 0.25) is 0 Å². The molecular formula is C18H16N2O6. The maximum absolute atomic E-state index is 11.8. The fourth-order valence-corrected chi connectivity index (χ4v) is 2.24. The van der Waals surface area contributed by atoms with Crippen molar-refractivity contribution in [3.8, 4) is 0 Å². The van der Waals surface area contributed by atoms with Crippen molar-refractivity contribution in [2.24, 2.45) is 0 Å². The first-order chi connectivity index (χ1) is 12.5. The Morgan fingerprint density at radius 3 is 2.27 bits per heavy atom. The number of nitro benzene ring substituents is 1. The van der Waals surface area contributed by atoms with Crippen LogP contribution in [0.25, 0.3) is 5.57 Å². The number of anilines is 1. The lowest BCUT2D eigenvalue weighted by atomic mass is 9.95. The summed E-state index contributed by atoms with van der Waals surface area (Å²) in [6.07, 6.45) is 0.581. The van der Waals surface area contributed by atoms with Crippen LogP contribution in [0.3, 0.4) is 0 Å². The number of benzene rings is 2. The number of amides is 1. The Kier molecular flexibility index (Phi) is 6.05. The average molecular weight is 356 g/mol. The topological polar surface area (TPSA) is 108 Å². The van der Waals surface area contributed by atoms with Gasteiger partial charge in [-0.15, -0.1) is 0 Å². The molecule has 0 heterocycles. The van der Waals surface area contributed by atoms with Crippen molar-refractivity contribution in [3.63, 3.8) is 0 Å². The summed E-state index contributed by atoms with van der Waals surface area (Å²) in [6.45, 7) is 0. The van der Waals surface area contributed by atoms with Crippen LogP contribution in [-0.4, -0.2) is 31.2 Å². The predicted octanol–water partition coefficient (Wildman–Crippen LogP) is 3.38. The van der Waals surface area contributed by atoms with Gasteiger partial charge in [-0.3, -0.25) is 15.4 Å². The van der Waals surface area contributed by atoms with E-state index >= 15 is 0 Å². The molecule has 0 atom stereocenters. The van der Waals surface area contributed by atoms with Crippen molar-refractivity contribution in [3.05, 3.63) is 75.8 Å². The number of hydrogen-bond donors (Lipinski definition) is 1. The molecule has 0 saturated carbocycles. The van der Waals surface area contributed by atoms with E-state index in [1.54, 1.807) is 24.3 Å². The van der Waals surface area contributed by atoms with Crippen molar-refractivity contribution in [1.82, 2.24) is 0 Å². The second-order valence-corrected chi connectivity index (χ2v) is 5.05. The molecule has 0 bridgehead atoms. The number of non-ortho nitro benzene ring substituents is 1. The molecule has 0 saturated heterocycles. The Balaban J connectivity index is 2.56. The molecule has 0 aliphatic carbocycles. The Morgan fingerprint density at radius 2 is 1.69 bits per heavy atom. The highest BCUT2D eigenvalue weighted by Gasteiger charge is 2.15. The molecule has 0 radical (unpaired) electrons. The molecule has 1 N–H and O–H groups in total. The molecule has 2 aromatic carbocycles. The van der Waals surface area contributed by atoms with Gasteiger partial charge in [-0.25, -0.2) is 9.59 Å². The standard InChI is InChI=1S/C18H16N2O6/c1-25-17(21)11-15(12-7-9-13(10-8-12)20(23)24)14-5-3-4-6-16(14)19-18(22)26-2/h3-11H,1-2H3,(H,19,22)/b15-11-. The second kappa shape index (κ2) is 8.43. The molecule has 0 unspecified atom stereocenters. The summed E-state index contributed by atoms with van der Waals surface area (Å²) >= 11 is 0. The Bertz CT molecular complexity index is 858. The first kappa shape index (κ1) is 18.7. The van der Waals surface area contributed by atoms with Crippen LogP contribution in [-0.2, 0) is 14.3 Å². The number of rotatable bonds is 5. The van der Waals surface area contributed by atoms with Gasteiger partial charge < -0.3 is 9.47 Å². The van der Waals surface area contributed by atoms with Gasteiger partial charge in [0.15, 0.2) is 0 Å². The van der Waals surface area contributed by atoms with E-state index in [-0.39, 0.29) is 5.69 Å². The molecule has 8 heteroatoms. The summed E-state index contributed by atoms with van der Waals surface area (Å²) in [7, 11) is 2.48. The number of para-hydroxylation sites is 1. The number of carbonyl (C=O) groups is 2. The van der Waals surface area contributed by atoms with E-state index < -0.39 is 17.0 Å². The summed E-state index contributed by atoms with van der Waals surface area (Å²) in [4.78, 5) is 33.7. The van der Waals surface area contributed by atoms with Crippen LogP contribution < -0.4 is 5.32 Å². The van der Waals surface area contributed by atoms with Crippen LogP contribution >= 0.6 is 0 Å². The van der Waals surface area contributed by atoms with E-state index in [1.165, 1.54) is 44.6 Å². The minimum absolute atomic E-state index is 0.0767. The number of methoxy groups -OCH3 is 2. The van der Waals surface area contributed by atoms with E-state index in [0.29, 0.717) is 22.4 Å². The van der Waals surface area contributed by atoms with E-state index in [1.807, 2.05) is 0 Å². The molecule has 0 aliphatic rings. The number of esters is 1. The third kappa shape index (κ3) is 4.44. The number of nitro groups is 1. The van der Waals surface area contributed by atoms with Crippen LogP contribution in [0.15, 0.2) is 54.6 Å². The van der Waals surface area contributed by atoms with Crippen LogP contribution in [0.4, 0.5) is 16.2 Å². The van der Waals surface area contributed by atoms with Gasteiger partial charge in [0.05, 0.1) is 24.8 Å². The van der Waals surface area contributed by atoms with Gasteiger partial charge in [-0.2, -0.15) is 0 Å². The normalized spacial score (nSPS) is 10.8. The van der Waals surface area contributed by atoms with Crippen LogP contribution in [0.1, 0.15) is 11.1 Å². The summed E-state index contributed by atoms with van der Waals surface area (Å²) < 4.78 is 9.30. The SMILES string of the molecule is COC(=O)/C=C(/c1ccc([N+](=O)[O-])cc1)c1ccccc1NC(=O)OC. The van der Waals surface area contributed by atoms with Gasteiger partial charge in [0.2, 0.25) is 0 Å². The Hall–Kier alpha value is -3.68. The molecule has 0 aliphatic heterocycles. The van der Waals surface area contributed by atoms with Crippen LogP contribution in [0, 0.1) is 10.1 Å².